The molecule has 3 N–H and O–H groups in total. The van der Waals surface area contributed by atoms with Crippen molar-refractivity contribution in [2.45, 2.75) is 50.8 Å². The summed E-state index contributed by atoms with van der Waals surface area (Å²) in [6, 6.07) is 0. The van der Waals surface area contributed by atoms with Crippen LogP contribution in [0.25, 0.3) is 0 Å². The summed E-state index contributed by atoms with van der Waals surface area (Å²) in [5.41, 5.74) is 0. The summed E-state index contributed by atoms with van der Waals surface area (Å²) in [4.78, 5) is 22.9. The van der Waals surface area contributed by atoms with Crippen molar-refractivity contribution in [2.24, 2.45) is 11.8 Å². The number of ether oxygens (including phenoxy) is 3. The Morgan fingerprint density at radius 1 is 1.18 bits per heavy atom. The van der Waals surface area contributed by atoms with E-state index >= 15 is 0 Å². The number of carbonyl (C=O) groups is 2. The van der Waals surface area contributed by atoms with E-state index in [0.29, 0.717) is 0 Å². The van der Waals surface area contributed by atoms with Gasteiger partial charge in [-0.1, -0.05) is 0 Å². The third-order valence-corrected chi connectivity index (χ3v) is 4.06. The molecule has 0 spiro atoms. The van der Waals surface area contributed by atoms with E-state index in [1.54, 1.807) is 0 Å². The van der Waals surface area contributed by atoms with Crippen molar-refractivity contribution >= 4 is 11.9 Å². The molecular weight excluding hydrogens is 296 g/mol. The average molecular weight is 318 g/mol. The number of rotatable bonds is 6. The first-order valence-electron chi connectivity index (χ1n) is 7.33. The van der Waals surface area contributed by atoms with Crippen LogP contribution in [0.15, 0.2) is 0 Å². The molecule has 0 aromatic heterocycles. The average Bonchev–Trinajstić information content (AvgIpc) is 2.92. The highest BCUT2D eigenvalue weighted by molar-refractivity contribution is 5.71. The molecule has 2 rings (SSSR count). The summed E-state index contributed by atoms with van der Waals surface area (Å²) in [5, 5.41) is 28.1. The lowest BCUT2D eigenvalue weighted by Gasteiger charge is -2.24. The van der Waals surface area contributed by atoms with Crippen LogP contribution >= 0.6 is 0 Å². The second-order valence-corrected chi connectivity index (χ2v) is 5.95. The fourth-order valence-electron chi connectivity index (χ4n) is 3.11. The number of hydrogen-bond donors (Lipinski definition) is 3. The van der Waals surface area contributed by atoms with Gasteiger partial charge in [0.25, 0.3) is 0 Å². The molecule has 0 aromatic carbocycles. The molecule has 7 atom stereocenters. The number of carboxylic acid groups (broad SMARTS) is 1. The van der Waals surface area contributed by atoms with Crippen LogP contribution in [0.5, 0.6) is 0 Å². The zero-order chi connectivity index (χ0) is 16.4. The minimum Gasteiger partial charge on any atom is -0.481 e. The Labute approximate surface area is 128 Å². The third-order valence-electron chi connectivity index (χ3n) is 4.06. The van der Waals surface area contributed by atoms with E-state index in [0.717, 1.165) is 0 Å². The van der Waals surface area contributed by atoms with E-state index in [1.165, 1.54) is 13.8 Å². The molecule has 2 fully saturated rings. The predicted octanol–water partition coefficient (Wildman–Crippen LogP) is -0.835. The first-order chi connectivity index (χ1) is 10.3. The number of fused-ring (bicyclic) bond motifs is 1. The number of aliphatic hydroxyl groups is 2. The minimum absolute atomic E-state index is 0.115. The summed E-state index contributed by atoms with van der Waals surface area (Å²) in [7, 11) is 0. The Morgan fingerprint density at radius 2 is 1.82 bits per heavy atom. The first-order valence-corrected chi connectivity index (χ1v) is 7.33. The van der Waals surface area contributed by atoms with Crippen LogP contribution in [0.3, 0.4) is 0 Å². The van der Waals surface area contributed by atoms with Crippen molar-refractivity contribution in [3.63, 3.8) is 0 Å². The SMILES string of the molecule is C[C@@H](O)CC(=O)O[C@@H]1CO[C@H]2[C@H]1OC[C@@H]2C(C(=O)O)[C@@H](C)O. The van der Waals surface area contributed by atoms with Gasteiger partial charge >= 0.3 is 11.9 Å². The summed E-state index contributed by atoms with van der Waals surface area (Å²) in [5.74, 6) is -3.16. The molecule has 126 valence electrons. The molecule has 2 aliphatic heterocycles. The van der Waals surface area contributed by atoms with Crippen LogP contribution in [-0.2, 0) is 23.8 Å². The lowest BCUT2D eigenvalue weighted by atomic mass is 9.84. The van der Waals surface area contributed by atoms with Gasteiger partial charge in [0.05, 0.1) is 43.9 Å². The minimum atomic E-state index is -1.11. The highest BCUT2D eigenvalue weighted by Gasteiger charge is 2.53. The molecule has 0 aliphatic carbocycles. The maximum absolute atomic E-state index is 11.6. The number of carbonyl (C=O) groups excluding carboxylic acids is 1. The van der Waals surface area contributed by atoms with Crippen molar-refractivity contribution in [2.75, 3.05) is 13.2 Å². The fraction of sp³-hybridized carbons (Fsp3) is 0.857. The van der Waals surface area contributed by atoms with Gasteiger partial charge in [0.2, 0.25) is 0 Å². The maximum atomic E-state index is 11.6. The van der Waals surface area contributed by atoms with Gasteiger partial charge < -0.3 is 29.5 Å². The van der Waals surface area contributed by atoms with E-state index in [9.17, 15) is 19.8 Å². The van der Waals surface area contributed by atoms with Crippen molar-refractivity contribution in [1.82, 2.24) is 0 Å². The lowest BCUT2D eigenvalue weighted by molar-refractivity contribution is -0.155. The van der Waals surface area contributed by atoms with Crippen molar-refractivity contribution in [3.05, 3.63) is 0 Å². The molecule has 0 amide bonds. The topological polar surface area (TPSA) is 123 Å². The van der Waals surface area contributed by atoms with Gasteiger partial charge in [-0.2, -0.15) is 0 Å². The maximum Gasteiger partial charge on any atom is 0.309 e. The molecule has 2 saturated heterocycles. The zero-order valence-corrected chi connectivity index (χ0v) is 12.5. The van der Waals surface area contributed by atoms with Gasteiger partial charge in [-0.05, 0) is 13.8 Å². The van der Waals surface area contributed by atoms with E-state index in [2.05, 4.69) is 0 Å². The number of esters is 1. The van der Waals surface area contributed by atoms with Gasteiger partial charge in [0.15, 0.2) is 6.10 Å². The van der Waals surface area contributed by atoms with Crippen LogP contribution in [0.2, 0.25) is 0 Å². The van der Waals surface area contributed by atoms with Gasteiger partial charge in [-0.15, -0.1) is 0 Å². The Hall–Kier alpha value is -1.22. The summed E-state index contributed by atoms with van der Waals surface area (Å²) in [6.07, 6.45) is -3.64. The number of carboxylic acids is 1. The van der Waals surface area contributed by atoms with Crippen LogP contribution in [0.1, 0.15) is 20.3 Å². The summed E-state index contributed by atoms with van der Waals surface area (Å²) < 4.78 is 16.3. The lowest BCUT2D eigenvalue weighted by Crippen LogP contribution is -2.40. The second kappa shape index (κ2) is 6.91. The van der Waals surface area contributed by atoms with E-state index in [-0.39, 0.29) is 19.6 Å². The van der Waals surface area contributed by atoms with E-state index in [1.807, 2.05) is 0 Å². The van der Waals surface area contributed by atoms with Crippen LogP contribution < -0.4 is 0 Å². The Morgan fingerprint density at radius 3 is 2.36 bits per heavy atom. The predicted molar refractivity (Wildman–Crippen MR) is 72.0 cm³/mol. The van der Waals surface area contributed by atoms with Crippen LogP contribution in [0, 0.1) is 11.8 Å². The van der Waals surface area contributed by atoms with Crippen molar-refractivity contribution in [1.29, 1.82) is 0 Å². The van der Waals surface area contributed by atoms with Crippen LogP contribution in [-0.4, -0.2) is 71.0 Å². The van der Waals surface area contributed by atoms with Crippen molar-refractivity contribution < 1.29 is 39.1 Å². The standard InChI is InChI=1S/C14H22O8/c1-6(15)3-10(17)22-9-5-21-12-8(4-20-13(9)12)11(7(2)16)14(18)19/h6-9,11-13,15-16H,3-5H2,1-2H3,(H,18,19)/t6-,7-,8-,9-,11?,12-,13+/m1/s1. The second-order valence-electron chi connectivity index (χ2n) is 5.95. The Balaban J connectivity index is 1.99. The smallest absolute Gasteiger partial charge is 0.309 e. The highest BCUT2D eigenvalue weighted by atomic mass is 16.6. The molecular formula is C14H22O8. The van der Waals surface area contributed by atoms with Crippen molar-refractivity contribution in [3.8, 4) is 0 Å². The fourth-order valence-corrected chi connectivity index (χ4v) is 3.11. The summed E-state index contributed by atoms with van der Waals surface area (Å²) in [6.45, 7) is 3.14. The monoisotopic (exact) mass is 318 g/mol. The Bertz CT molecular complexity index is 421. The normalized spacial score (nSPS) is 34.7. The van der Waals surface area contributed by atoms with Gasteiger partial charge in [0.1, 0.15) is 6.10 Å². The first kappa shape index (κ1) is 17.1. The largest absolute Gasteiger partial charge is 0.481 e. The molecule has 1 unspecified atom stereocenters. The molecule has 0 bridgehead atoms. The quantitative estimate of drug-likeness (QED) is 0.542. The zero-order valence-electron chi connectivity index (χ0n) is 12.5. The molecule has 8 heteroatoms. The molecule has 0 aromatic rings. The highest BCUT2D eigenvalue weighted by Crippen LogP contribution is 2.37. The molecule has 22 heavy (non-hydrogen) atoms. The number of aliphatic carboxylic acids is 1. The molecule has 2 aliphatic rings. The number of hydrogen-bond acceptors (Lipinski definition) is 7. The van der Waals surface area contributed by atoms with Gasteiger partial charge in [0, 0.05) is 5.92 Å². The molecule has 0 saturated carbocycles. The van der Waals surface area contributed by atoms with E-state index < -0.39 is 54.3 Å². The summed E-state index contributed by atoms with van der Waals surface area (Å²) >= 11 is 0. The number of aliphatic hydroxyl groups excluding tert-OH is 2. The molecule has 0 radical (unpaired) electrons. The van der Waals surface area contributed by atoms with Crippen LogP contribution in [0.4, 0.5) is 0 Å². The Kier molecular flexibility index (Phi) is 5.38. The third kappa shape index (κ3) is 3.57. The van der Waals surface area contributed by atoms with E-state index in [4.69, 9.17) is 19.3 Å². The van der Waals surface area contributed by atoms with Gasteiger partial charge in [-0.25, -0.2) is 0 Å². The molecule has 2 heterocycles. The molecule has 8 nitrogen and oxygen atoms in total. The van der Waals surface area contributed by atoms with Gasteiger partial charge in [-0.3, -0.25) is 9.59 Å².